The largest absolute Gasteiger partial charge is 0.494 e. The van der Waals surface area contributed by atoms with Crippen molar-refractivity contribution in [1.82, 2.24) is 0 Å². The van der Waals surface area contributed by atoms with Gasteiger partial charge < -0.3 is 10.5 Å². The summed E-state index contributed by atoms with van der Waals surface area (Å²) in [7, 11) is 1.32. The van der Waals surface area contributed by atoms with Crippen molar-refractivity contribution in [3.63, 3.8) is 0 Å². The molecule has 2 nitrogen and oxygen atoms in total. The topological polar surface area (TPSA) is 35.2 Å². The zero-order valence-electron chi connectivity index (χ0n) is 7.81. The van der Waals surface area contributed by atoms with E-state index in [1.54, 1.807) is 0 Å². The molecule has 0 bridgehead atoms. The molecule has 1 aromatic carbocycles. The van der Waals surface area contributed by atoms with Gasteiger partial charge in [-0.1, -0.05) is 0 Å². The average Bonchev–Trinajstić information content (AvgIpc) is 2.54. The molecule has 1 atom stereocenters. The summed E-state index contributed by atoms with van der Waals surface area (Å²) in [5.74, 6) is -0.990. The standard InChI is InChI=1S/C10H11F2NO/c1-14-8-4-6(11)9-5(10(8)12)2-3-7(9)13/h4,7H,2-3,13H2,1H3/t7-/m0/s1. The summed E-state index contributed by atoms with van der Waals surface area (Å²) in [6.45, 7) is 0. The Labute approximate surface area is 80.7 Å². The van der Waals surface area contributed by atoms with Crippen LogP contribution in [0.3, 0.4) is 0 Å². The van der Waals surface area contributed by atoms with Crippen LogP contribution in [0.15, 0.2) is 6.07 Å². The van der Waals surface area contributed by atoms with Gasteiger partial charge in [0.1, 0.15) is 5.82 Å². The number of hydrogen-bond acceptors (Lipinski definition) is 2. The molecule has 2 N–H and O–H groups in total. The van der Waals surface area contributed by atoms with Crippen LogP contribution in [0.5, 0.6) is 5.75 Å². The number of nitrogens with two attached hydrogens (primary N) is 1. The Bertz CT molecular complexity index is 379. The molecule has 0 saturated carbocycles. The second-order valence-electron chi connectivity index (χ2n) is 3.41. The second kappa shape index (κ2) is 3.20. The van der Waals surface area contributed by atoms with E-state index in [2.05, 4.69) is 0 Å². The van der Waals surface area contributed by atoms with E-state index in [-0.39, 0.29) is 11.8 Å². The summed E-state index contributed by atoms with van der Waals surface area (Å²) >= 11 is 0. The monoisotopic (exact) mass is 199 g/mol. The van der Waals surface area contributed by atoms with E-state index in [1.807, 2.05) is 0 Å². The van der Waals surface area contributed by atoms with Crippen molar-refractivity contribution >= 4 is 0 Å². The highest BCUT2D eigenvalue weighted by atomic mass is 19.1. The highest BCUT2D eigenvalue weighted by Crippen LogP contribution is 2.37. The lowest BCUT2D eigenvalue weighted by atomic mass is 10.1. The molecule has 0 fully saturated rings. The predicted octanol–water partition coefficient (Wildman–Crippen LogP) is 1.92. The summed E-state index contributed by atoms with van der Waals surface area (Å²) in [6, 6.07) is 0.671. The highest BCUT2D eigenvalue weighted by Gasteiger charge is 2.28. The van der Waals surface area contributed by atoms with Gasteiger partial charge in [-0.2, -0.15) is 0 Å². The highest BCUT2D eigenvalue weighted by molar-refractivity contribution is 5.43. The van der Waals surface area contributed by atoms with E-state index in [4.69, 9.17) is 10.5 Å². The van der Waals surface area contributed by atoms with Crippen LogP contribution in [-0.2, 0) is 6.42 Å². The molecule has 2 rings (SSSR count). The molecule has 0 aliphatic heterocycles. The second-order valence-corrected chi connectivity index (χ2v) is 3.41. The maximum Gasteiger partial charge on any atom is 0.168 e. The molecular weight excluding hydrogens is 188 g/mol. The van der Waals surface area contributed by atoms with Gasteiger partial charge in [0.2, 0.25) is 0 Å². The van der Waals surface area contributed by atoms with Crippen molar-refractivity contribution in [2.75, 3.05) is 7.11 Å². The lowest BCUT2D eigenvalue weighted by molar-refractivity contribution is 0.380. The third-order valence-corrected chi connectivity index (χ3v) is 2.62. The zero-order chi connectivity index (χ0) is 10.3. The van der Waals surface area contributed by atoms with Gasteiger partial charge in [0, 0.05) is 17.7 Å². The summed E-state index contributed by atoms with van der Waals surface area (Å²) in [4.78, 5) is 0. The first kappa shape index (κ1) is 9.40. The molecule has 4 heteroatoms. The summed E-state index contributed by atoms with van der Waals surface area (Å²) in [5.41, 5.74) is 6.34. The third kappa shape index (κ3) is 1.18. The average molecular weight is 199 g/mol. The van der Waals surface area contributed by atoms with Crippen LogP contribution in [0.2, 0.25) is 0 Å². The fraction of sp³-hybridized carbons (Fsp3) is 0.400. The molecule has 14 heavy (non-hydrogen) atoms. The minimum atomic E-state index is -0.475. The Balaban J connectivity index is 2.64. The first-order chi connectivity index (χ1) is 6.65. The number of benzene rings is 1. The first-order valence-corrected chi connectivity index (χ1v) is 4.45. The molecule has 1 aliphatic carbocycles. The van der Waals surface area contributed by atoms with Crippen molar-refractivity contribution in [2.24, 2.45) is 5.73 Å². The number of rotatable bonds is 1. The normalized spacial score (nSPS) is 19.6. The van der Waals surface area contributed by atoms with E-state index in [1.165, 1.54) is 7.11 Å². The lowest BCUT2D eigenvalue weighted by Gasteiger charge is -2.10. The smallest absolute Gasteiger partial charge is 0.168 e. The van der Waals surface area contributed by atoms with Gasteiger partial charge in [-0.15, -0.1) is 0 Å². The van der Waals surface area contributed by atoms with Crippen LogP contribution in [0.1, 0.15) is 23.6 Å². The van der Waals surface area contributed by atoms with Crippen LogP contribution in [0.4, 0.5) is 8.78 Å². The minimum Gasteiger partial charge on any atom is -0.494 e. The Kier molecular flexibility index (Phi) is 2.15. The molecule has 1 aromatic rings. The molecular formula is C10H11F2NO. The van der Waals surface area contributed by atoms with E-state index in [9.17, 15) is 8.78 Å². The van der Waals surface area contributed by atoms with Crippen LogP contribution >= 0.6 is 0 Å². The van der Waals surface area contributed by atoms with Gasteiger partial charge in [0.15, 0.2) is 11.6 Å². The molecule has 0 heterocycles. The number of fused-ring (bicyclic) bond motifs is 1. The summed E-state index contributed by atoms with van der Waals surface area (Å²) < 4.78 is 31.8. The van der Waals surface area contributed by atoms with E-state index in [0.717, 1.165) is 6.07 Å². The minimum absolute atomic E-state index is 0.0460. The molecule has 0 unspecified atom stereocenters. The SMILES string of the molecule is COc1cc(F)c2c(c1F)CC[C@@H]2N. The lowest BCUT2D eigenvalue weighted by Crippen LogP contribution is -2.08. The predicted molar refractivity (Wildman–Crippen MR) is 48.2 cm³/mol. The number of halogens is 2. The van der Waals surface area contributed by atoms with Crippen molar-refractivity contribution in [1.29, 1.82) is 0 Å². The number of methoxy groups -OCH3 is 1. The Morgan fingerprint density at radius 1 is 1.50 bits per heavy atom. The maximum atomic E-state index is 13.6. The van der Waals surface area contributed by atoms with Crippen molar-refractivity contribution in [3.05, 3.63) is 28.8 Å². The molecule has 0 radical (unpaired) electrons. The van der Waals surface area contributed by atoms with Gasteiger partial charge >= 0.3 is 0 Å². The van der Waals surface area contributed by atoms with E-state index in [0.29, 0.717) is 24.0 Å². The van der Waals surface area contributed by atoms with E-state index >= 15 is 0 Å². The van der Waals surface area contributed by atoms with Gasteiger partial charge in [0.05, 0.1) is 7.11 Å². The van der Waals surface area contributed by atoms with Crippen molar-refractivity contribution < 1.29 is 13.5 Å². The Morgan fingerprint density at radius 2 is 2.21 bits per heavy atom. The van der Waals surface area contributed by atoms with Crippen molar-refractivity contribution in [2.45, 2.75) is 18.9 Å². The van der Waals surface area contributed by atoms with Gasteiger partial charge in [-0.05, 0) is 18.4 Å². The molecule has 76 valence electrons. The fourth-order valence-electron chi connectivity index (χ4n) is 1.91. The molecule has 0 amide bonds. The molecule has 0 saturated heterocycles. The van der Waals surface area contributed by atoms with Gasteiger partial charge in [-0.25, -0.2) is 8.78 Å². The molecule has 1 aliphatic rings. The quantitative estimate of drug-likeness (QED) is 0.749. The molecule has 0 spiro atoms. The maximum absolute atomic E-state index is 13.6. The van der Waals surface area contributed by atoms with Crippen LogP contribution < -0.4 is 10.5 Å². The van der Waals surface area contributed by atoms with Crippen molar-refractivity contribution in [3.8, 4) is 5.75 Å². The van der Waals surface area contributed by atoms with Gasteiger partial charge in [0.25, 0.3) is 0 Å². The van der Waals surface area contributed by atoms with Crippen LogP contribution in [0.25, 0.3) is 0 Å². The number of hydrogen-bond donors (Lipinski definition) is 1. The summed E-state index contributed by atoms with van der Waals surface area (Å²) in [5, 5.41) is 0. The summed E-state index contributed by atoms with van der Waals surface area (Å²) in [6.07, 6.45) is 1.08. The third-order valence-electron chi connectivity index (χ3n) is 2.62. The number of ether oxygens (including phenoxy) is 1. The molecule has 0 aromatic heterocycles. The first-order valence-electron chi connectivity index (χ1n) is 4.45. The van der Waals surface area contributed by atoms with E-state index < -0.39 is 11.6 Å². The van der Waals surface area contributed by atoms with Gasteiger partial charge in [-0.3, -0.25) is 0 Å². The Morgan fingerprint density at radius 3 is 2.86 bits per heavy atom. The fourth-order valence-corrected chi connectivity index (χ4v) is 1.91. The zero-order valence-corrected chi connectivity index (χ0v) is 7.81. The van der Waals surface area contributed by atoms with Crippen LogP contribution in [-0.4, -0.2) is 7.11 Å². The van der Waals surface area contributed by atoms with Crippen LogP contribution in [0, 0.1) is 11.6 Å². The Hall–Kier alpha value is -1.16.